The fraction of sp³-hybridized carbons (Fsp3) is 0. The Morgan fingerprint density at radius 2 is 0.521 bits per heavy atom. The molecule has 0 saturated carbocycles. The van der Waals surface area contributed by atoms with Gasteiger partial charge in [0.05, 0.1) is 67.2 Å². The molecule has 5 heterocycles. The maximum Gasteiger partial charge on any atom is 0.160 e. The molecule has 0 atom stereocenters. The first-order valence-corrected chi connectivity index (χ1v) is 32.5. The minimum atomic E-state index is 0.611. The number of rotatable bonds is 10. The summed E-state index contributed by atoms with van der Waals surface area (Å²) in [6.07, 6.45) is 0. The number of benzene rings is 14. The molecule has 7 heteroatoms. The highest BCUT2D eigenvalue weighted by molar-refractivity contribution is 6.15. The van der Waals surface area contributed by atoms with Crippen molar-refractivity contribution >= 4 is 87.2 Å². The predicted molar refractivity (Wildman–Crippen MR) is 397 cm³/mol. The number of fused-ring (bicyclic) bond motifs is 12. The second kappa shape index (κ2) is 22.0. The van der Waals surface area contributed by atoms with Gasteiger partial charge in [-0.3, -0.25) is 0 Å². The van der Waals surface area contributed by atoms with Crippen LogP contribution in [0.4, 0.5) is 0 Å². The molecule has 0 aliphatic rings. The van der Waals surface area contributed by atoms with E-state index in [-0.39, 0.29) is 0 Å². The standard InChI is InChI=1S/C89H55N7/c90-56-57-18-15-19-60(48-57)58-36-38-59(39-37-58)79-55-80(65-20-16-26-69(49-65)95-83-34-13-9-30-73(83)77-53-63(42-46-87(77)95)61-40-44-85-75(51-61)71-28-7-11-32-81(71)93(85)67-22-3-1-4-23-67)92-89(91-79)66-21-17-27-70(50-66)96-84-35-14-10-31-74(84)78-54-64(43-47-88(78)96)62-41-45-86-76(52-62)72-29-8-12-33-82(72)94(86)68-24-5-2-6-25-68/h1-55H. The van der Waals surface area contributed by atoms with Crippen LogP contribution in [0.25, 0.3) is 177 Å². The molecule has 5 aromatic heterocycles. The molecule has 0 aliphatic heterocycles. The molecule has 0 spiro atoms. The first-order chi connectivity index (χ1) is 47.5. The van der Waals surface area contributed by atoms with E-state index >= 15 is 0 Å². The van der Waals surface area contributed by atoms with Gasteiger partial charge < -0.3 is 18.3 Å². The lowest BCUT2D eigenvalue weighted by atomic mass is 10.0. The van der Waals surface area contributed by atoms with Crippen molar-refractivity contribution in [3.05, 3.63) is 339 Å². The molecule has 0 bridgehead atoms. The topological polar surface area (TPSA) is 69.3 Å². The molecular formula is C89H55N7. The molecule has 96 heavy (non-hydrogen) atoms. The van der Waals surface area contributed by atoms with Crippen LogP contribution in [0.1, 0.15) is 5.56 Å². The van der Waals surface area contributed by atoms with Crippen molar-refractivity contribution in [3.63, 3.8) is 0 Å². The minimum Gasteiger partial charge on any atom is -0.309 e. The Bertz CT molecular complexity index is 6060. The van der Waals surface area contributed by atoms with Crippen LogP contribution in [0.3, 0.4) is 0 Å². The van der Waals surface area contributed by atoms with E-state index in [0.717, 1.165) is 95.1 Å². The van der Waals surface area contributed by atoms with Crippen molar-refractivity contribution in [1.82, 2.24) is 28.2 Å². The van der Waals surface area contributed by atoms with E-state index in [1.165, 1.54) is 76.3 Å². The lowest BCUT2D eigenvalue weighted by Crippen LogP contribution is -1.99. The quantitative estimate of drug-likeness (QED) is 0.137. The summed E-state index contributed by atoms with van der Waals surface area (Å²) in [5.41, 5.74) is 25.2. The second-order valence-corrected chi connectivity index (χ2v) is 24.8. The highest BCUT2D eigenvalue weighted by atomic mass is 15.0. The molecule has 7 nitrogen and oxygen atoms in total. The van der Waals surface area contributed by atoms with Gasteiger partial charge in [0.25, 0.3) is 0 Å². The zero-order chi connectivity index (χ0) is 63.4. The van der Waals surface area contributed by atoms with Crippen LogP contribution < -0.4 is 0 Å². The molecule has 14 aromatic carbocycles. The molecule has 0 saturated heterocycles. The smallest absolute Gasteiger partial charge is 0.160 e. The Hall–Kier alpha value is -13.2. The molecule has 19 rings (SSSR count). The highest BCUT2D eigenvalue weighted by Crippen LogP contribution is 2.42. The normalized spacial score (nSPS) is 11.7. The summed E-state index contributed by atoms with van der Waals surface area (Å²) in [7, 11) is 0. The number of aromatic nitrogens is 6. The summed E-state index contributed by atoms with van der Waals surface area (Å²) in [6.45, 7) is 0. The first-order valence-electron chi connectivity index (χ1n) is 32.5. The fourth-order valence-electron chi connectivity index (χ4n) is 14.9. The number of nitrogens with zero attached hydrogens (tertiary/aromatic N) is 7. The minimum absolute atomic E-state index is 0.611. The van der Waals surface area contributed by atoms with Gasteiger partial charge in [-0.25, -0.2) is 9.97 Å². The Balaban J connectivity index is 0.719. The van der Waals surface area contributed by atoms with E-state index in [0.29, 0.717) is 11.4 Å². The summed E-state index contributed by atoms with van der Waals surface area (Å²) >= 11 is 0. The maximum atomic E-state index is 9.76. The summed E-state index contributed by atoms with van der Waals surface area (Å²) in [4.78, 5) is 11.0. The van der Waals surface area contributed by atoms with Gasteiger partial charge >= 0.3 is 0 Å². The van der Waals surface area contributed by atoms with Crippen molar-refractivity contribution in [1.29, 1.82) is 5.26 Å². The number of hydrogen-bond acceptors (Lipinski definition) is 3. The van der Waals surface area contributed by atoms with Gasteiger partial charge in [-0.1, -0.05) is 194 Å². The Morgan fingerprint density at radius 1 is 0.208 bits per heavy atom. The largest absolute Gasteiger partial charge is 0.309 e. The maximum absolute atomic E-state index is 9.76. The van der Waals surface area contributed by atoms with Crippen molar-refractivity contribution in [3.8, 4) is 96.1 Å². The van der Waals surface area contributed by atoms with Gasteiger partial charge in [-0.2, -0.15) is 5.26 Å². The summed E-state index contributed by atoms with van der Waals surface area (Å²) < 4.78 is 9.50. The fourth-order valence-corrected chi connectivity index (χ4v) is 14.9. The Kier molecular flexibility index (Phi) is 12.5. The number of hydrogen-bond donors (Lipinski definition) is 0. The third-order valence-corrected chi connectivity index (χ3v) is 19.4. The SMILES string of the molecule is N#Cc1cccc(-c2ccc(-c3cc(-c4cccc(-n5c6ccccc6c6cc(-c7ccc8c(c7)c7ccccc7n8-c7ccccc7)ccc65)c4)nc(-c4cccc(-n5c6ccccc6c6cc(-c7ccc8c(c7)c7ccccc7n8-c7ccccc7)ccc65)c4)n3)cc2)c1. The highest BCUT2D eigenvalue weighted by Gasteiger charge is 2.21. The van der Waals surface area contributed by atoms with Crippen LogP contribution in [0, 0.1) is 11.3 Å². The molecule has 0 aliphatic carbocycles. The summed E-state index contributed by atoms with van der Waals surface area (Å²) in [5.74, 6) is 0.611. The lowest BCUT2D eigenvalue weighted by Gasteiger charge is -2.14. The van der Waals surface area contributed by atoms with Crippen LogP contribution in [0.5, 0.6) is 0 Å². The summed E-state index contributed by atoms with van der Waals surface area (Å²) in [5, 5.41) is 19.4. The molecule has 0 unspecified atom stereocenters. The van der Waals surface area contributed by atoms with E-state index in [2.05, 4.69) is 334 Å². The average molecular weight is 1220 g/mol. The zero-order valence-electron chi connectivity index (χ0n) is 51.9. The molecular weight excluding hydrogens is 1170 g/mol. The third-order valence-electron chi connectivity index (χ3n) is 19.4. The predicted octanol–water partition coefficient (Wildman–Crippen LogP) is 22.7. The van der Waals surface area contributed by atoms with Crippen LogP contribution >= 0.6 is 0 Å². The Morgan fingerprint density at radius 3 is 0.958 bits per heavy atom. The van der Waals surface area contributed by atoms with Crippen LogP contribution in [-0.4, -0.2) is 28.2 Å². The van der Waals surface area contributed by atoms with E-state index in [4.69, 9.17) is 9.97 Å². The van der Waals surface area contributed by atoms with E-state index < -0.39 is 0 Å². The molecule has 446 valence electrons. The molecule has 0 amide bonds. The van der Waals surface area contributed by atoms with Gasteiger partial charge in [-0.05, 0) is 173 Å². The monoisotopic (exact) mass is 1220 g/mol. The second-order valence-electron chi connectivity index (χ2n) is 24.8. The molecule has 0 fully saturated rings. The number of para-hydroxylation sites is 6. The van der Waals surface area contributed by atoms with Crippen LogP contribution in [-0.2, 0) is 0 Å². The Labute approximate surface area is 552 Å². The third kappa shape index (κ3) is 8.89. The molecule has 19 aromatic rings. The van der Waals surface area contributed by atoms with Gasteiger partial charge in [0.1, 0.15) is 0 Å². The lowest BCUT2D eigenvalue weighted by molar-refractivity contribution is 1.15. The van der Waals surface area contributed by atoms with Gasteiger partial charge in [-0.15, -0.1) is 0 Å². The van der Waals surface area contributed by atoms with Gasteiger partial charge in [0.15, 0.2) is 5.82 Å². The zero-order valence-corrected chi connectivity index (χ0v) is 51.9. The molecule has 0 N–H and O–H groups in total. The van der Waals surface area contributed by atoms with Crippen molar-refractivity contribution < 1.29 is 0 Å². The van der Waals surface area contributed by atoms with Gasteiger partial charge in [0, 0.05) is 82.5 Å². The van der Waals surface area contributed by atoms with Crippen LogP contribution in [0.15, 0.2) is 334 Å². The van der Waals surface area contributed by atoms with E-state index in [9.17, 15) is 5.26 Å². The number of nitriles is 1. The van der Waals surface area contributed by atoms with Crippen LogP contribution in [0.2, 0.25) is 0 Å². The van der Waals surface area contributed by atoms with E-state index in [1.54, 1.807) is 0 Å². The first kappa shape index (κ1) is 54.6. The molecule has 0 radical (unpaired) electrons. The van der Waals surface area contributed by atoms with Crippen molar-refractivity contribution in [2.75, 3.05) is 0 Å². The van der Waals surface area contributed by atoms with E-state index in [1.807, 2.05) is 24.3 Å². The van der Waals surface area contributed by atoms with Gasteiger partial charge in [0.2, 0.25) is 0 Å². The van der Waals surface area contributed by atoms with Crippen molar-refractivity contribution in [2.45, 2.75) is 0 Å². The van der Waals surface area contributed by atoms with Crippen molar-refractivity contribution in [2.24, 2.45) is 0 Å². The summed E-state index contributed by atoms with van der Waals surface area (Å²) in [6, 6.07) is 122. The average Bonchev–Trinajstić information content (AvgIpc) is 1.65.